The van der Waals surface area contributed by atoms with E-state index in [-0.39, 0.29) is 18.3 Å². The molecule has 0 saturated carbocycles. The number of hydrogen-bond donors (Lipinski definition) is 3. The number of halogens is 2. The van der Waals surface area contributed by atoms with E-state index in [9.17, 15) is 14.7 Å². The van der Waals surface area contributed by atoms with Crippen molar-refractivity contribution in [1.29, 1.82) is 0 Å². The first-order chi connectivity index (χ1) is 10.8. The number of nitrogens with zero attached hydrogens (tertiary/aromatic N) is 1. The highest BCUT2D eigenvalue weighted by molar-refractivity contribution is 8.00. The molecule has 1 aromatic heterocycles. The van der Waals surface area contributed by atoms with Crippen LogP contribution in [0.1, 0.15) is 12.7 Å². The van der Waals surface area contributed by atoms with Crippen LogP contribution in [0, 0.1) is 0 Å². The molecule has 0 aliphatic carbocycles. The third-order valence-corrected chi connectivity index (χ3v) is 4.61. The molecule has 0 bridgehead atoms. The summed E-state index contributed by atoms with van der Waals surface area (Å²) in [4.78, 5) is 30.1. The van der Waals surface area contributed by atoms with Gasteiger partial charge in [-0.3, -0.25) is 9.59 Å². The van der Waals surface area contributed by atoms with E-state index in [1.165, 1.54) is 11.8 Å². The molecule has 1 aromatic carbocycles. The summed E-state index contributed by atoms with van der Waals surface area (Å²) in [5.41, 5.74) is -0.491. The number of H-pyrrole nitrogens is 1. The van der Waals surface area contributed by atoms with Crippen molar-refractivity contribution >= 4 is 40.9 Å². The van der Waals surface area contributed by atoms with E-state index in [0.29, 0.717) is 14.9 Å². The van der Waals surface area contributed by atoms with Crippen LogP contribution in [0.2, 0.25) is 10.0 Å². The van der Waals surface area contributed by atoms with Crippen LogP contribution in [0.25, 0.3) is 0 Å². The van der Waals surface area contributed by atoms with E-state index in [0.717, 1.165) is 6.07 Å². The Bertz CT molecular complexity index is 782. The van der Waals surface area contributed by atoms with Gasteiger partial charge in [-0.1, -0.05) is 23.2 Å². The van der Waals surface area contributed by atoms with E-state index in [1.807, 2.05) is 0 Å². The lowest BCUT2D eigenvalue weighted by Crippen LogP contribution is -2.31. The molecule has 6 nitrogen and oxygen atoms in total. The molecule has 0 radical (unpaired) electrons. The predicted octanol–water partition coefficient (Wildman–Crippen LogP) is 2.58. The summed E-state index contributed by atoms with van der Waals surface area (Å²) in [5.74, 6) is -0.496. The van der Waals surface area contributed by atoms with Crippen molar-refractivity contribution in [3.05, 3.63) is 50.5 Å². The molecule has 2 rings (SSSR count). The predicted molar refractivity (Wildman–Crippen MR) is 90.2 cm³/mol. The largest absolute Gasteiger partial charge is 0.493 e. The van der Waals surface area contributed by atoms with Crippen molar-refractivity contribution in [3.8, 4) is 5.88 Å². The summed E-state index contributed by atoms with van der Waals surface area (Å²) >= 11 is 13.2. The fourth-order valence-electron chi connectivity index (χ4n) is 1.70. The highest BCUT2D eigenvalue weighted by atomic mass is 35.5. The molecular weight excluding hydrogens is 361 g/mol. The van der Waals surface area contributed by atoms with E-state index < -0.39 is 16.7 Å². The number of benzene rings is 1. The molecule has 9 heteroatoms. The van der Waals surface area contributed by atoms with Crippen molar-refractivity contribution in [2.45, 2.75) is 23.6 Å². The quantitative estimate of drug-likeness (QED) is 0.700. The lowest BCUT2D eigenvalue weighted by Gasteiger charge is -2.13. The Morgan fingerprint density at radius 3 is 2.87 bits per heavy atom. The highest BCUT2D eigenvalue weighted by Gasteiger charge is 2.16. The molecule has 23 heavy (non-hydrogen) atoms. The second kappa shape index (κ2) is 7.72. The molecule has 122 valence electrons. The fraction of sp³-hybridized carbons (Fsp3) is 0.214. The first-order valence-electron chi connectivity index (χ1n) is 6.54. The van der Waals surface area contributed by atoms with Gasteiger partial charge in [0.05, 0.1) is 22.9 Å². The maximum Gasteiger partial charge on any atom is 0.254 e. The van der Waals surface area contributed by atoms with Crippen LogP contribution in [-0.2, 0) is 11.3 Å². The monoisotopic (exact) mass is 373 g/mol. The van der Waals surface area contributed by atoms with Crippen molar-refractivity contribution in [2.75, 3.05) is 0 Å². The minimum atomic E-state index is -0.491. The SMILES string of the molecule is CC(Sc1cc(Cl)ccc1Cl)C(=O)NCc1nc(O)cc(=O)[nH]1. The van der Waals surface area contributed by atoms with Gasteiger partial charge in [0, 0.05) is 9.92 Å². The Morgan fingerprint density at radius 2 is 2.17 bits per heavy atom. The summed E-state index contributed by atoms with van der Waals surface area (Å²) in [7, 11) is 0. The van der Waals surface area contributed by atoms with Crippen molar-refractivity contribution in [3.63, 3.8) is 0 Å². The molecular formula is C14H13Cl2N3O3S. The number of rotatable bonds is 5. The second-order valence-corrected chi connectivity index (χ2v) is 6.83. The van der Waals surface area contributed by atoms with Crippen LogP contribution in [0.4, 0.5) is 0 Å². The zero-order chi connectivity index (χ0) is 17.0. The Labute approximate surface area is 146 Å². The van der Waals surface area contributed by atoms with Gasteiger partial charge in [0.25, 0.3) is 5.56 Å². The number of amides is 1. The Morgan fingerprint density at radius 1 is 1.43 bits per heavy atom. The molecule has 0 fully saturated rings. The topological polar surface area (TPSA) is 95.1 Å². The number of thioether (sulfide) groups is 1. The average molecular weight is 374 g/mol. The third kappa shape index (κ3) is 5.16. The van der Waals surface area contributed by atoms with E-state index in [4.69, 9.17) is 23.2 Å². The van der Waals surface area contributed by atoms with Crippen LogP contribution >= 0.6 is 35.0 Å². The van der Waals surface area contributed by atoms with Crippen LogP contribution < -0.4 is 10.9 Å². The van der Waals surface area contributed by atoms with Gasteiger partial charge >= 0.3 is 0 Å². The smallest absolute Gasteiger partial charge is 0.254 e. The highest BCUT2D eigenvalue weighted by Crippen LogP contribution is 2.32. The zero-order valence-electron chi connectivity index (χ0n) is 12.0. The summed E-state index contributed by atoms with van der Waals surface area (Å²) in [5, 5.41) is 12.5. The first-order valence-corrected chi connectivity index (χ1v) is 8.17. The van der Waals surface area contributed by atoms with Gasteiger partial charge in [-0.15, -0.1) is 11.8 Å². The second-order valence-electron chi connectivity index (χ2n) is 4.60. The van der Waals surface area contributed by atoms with Gasteiger partial charge in [0.15, 0.2) is 0 Å². The normalized spacial score (nSPS) is 12.0. The summed E-state index contributed by atoms with van der Waals surface area (Å²) < 4.78 is 0. The molecule has 1 heterocycles. The number of carbonyl (C=O) groups is 1. The maximum atomic E-state index is 12.1. The minimum Gasteiger partial charge on any atom is -0.493 e. The molecule has 1 amide bonds. The molecule has 0 aliphatic rings. The van der Waals surface area contributed by atoms with Gasteiger partial charge in [0.1, 0.15) is 5.82 Å². The van der Waals surface area contributed by atoms with Gasteiger partial charge < -0.3 is 15.4 Å². The molecule has 1 unspecified atom stereocenters. The van der Waals surface area contributed by atoms with Crippen molar-refractivity contribution in [1.82, 2.24) is 15.3 Å². The summed E-state index contributed by atoms with van der Waals surface area (Å²) in [6.07, 6.45) is 0. The minimum absolute atomic E-state index is 0.00332. The lowest BCUT2D eigenvalue weighted by molar-refractivity contribution is -0.120. The van der Waals surface area contributed by atoms with Gasteiger partial charge in [-0.25, -0.2) is 0 Å². The standard InChI is InChI=1S/C14H13Cl2N3O3S/c1-7(23-10-4-8(15)2-3-9(10)16)14(22)17-6-11-18-12(20)5-13(21)19-11/h2-5,7H,6H2,1H3,(H,17,22)(H2,18,19,20,21). The molecule has 0 spiro atoms. The zero-order valence-corrected chi connectivity index (χ0v) is 14.3. The third-order valence-electron chi connectivity index (χ3n) is 2.77. The molecule has 2 aromatic rings. The molecule has 0 aliphatic heterocycles. The molecule has 3 N–H and O–H groups in total. The maximum absolute atomic E-state index is 12.1. The first kappa shape index (κ1) is 17.7. The Kier molecular flexibility index (Phi) is 5.92. The lowest BCUT2D eigenvalue weighted by atomic mass is 10.4. The van der Waals surface area contributed by atoms with Gasteiger partial charge in [-0.05, 0) is 25.1 Å². The average Bonchev–Trinajstić information content (AvgIpc) is 2.47. The van der Waals surface area contributed by atoms with E-state index >= 15 is 0 Å². The van der Waals surface area contributed by atoms with Gasteiger partial charge in [-0.2, -0.15) is 4.98 Å². The number of aromatic hydroxyl groups is 1. The Balaban J connectivity index is 1.97. The number of carbonyl (C=O) groups excluding carboxylic acids is 1. The van der Waals surface area contributed by atoms with E-state index in [1.54, 1.807) is 25.1 Å². The van der Waals surface area contributed by atoms with Crippen LogP contribution in [0.5, 0.6) is 5.88 Å². The van der Waals surface area contributed by atoms with Gasteiger partial charge in [0.2, 0.25) is 11.8 Å². The number of nitrogens with one attached hydrogen (secondary N) is 2. The van der Waals surface area contributed by atoms with Crippen molar-refractivity contribution < 1.29 is 9.90 Å². The number of aromatic amines is 1. The number of hydrogen-bond acceptors (Lipinski definition) is 5. The molecule has 0 saturated heterocycles. The Hall–Kier alpha value is -1.70. The van der Waals surface area contributed by atoms with Crippen LogP contribution in [0.15, 0.2) is 34.0 Å². The van der Waals surface area contributed by atoms with Crippen LogP contribution in [0.3, 0.4) is 0 Å². The number of aromatic nitrogens is 2. The molecule has 1 atom stereocenters. The summed E-state index contributed by atoms with van der Waals surface area (Å²) in [6.45, 7) is 1.71. The summed E-state index contributed by atoms with van der Waals surface area (Å²) in [6, 6.07) is 5.97. The van der Waals surface area contributed by atoms with Crippen molar-refractivity contribution in [2.24, 2.45) is 0 Å². The van der Waals surface area contributed by atoms with Crippen LogP contribution in [-0.4, -0.2) is 26.2 Å². The van der Waals surface area contributed by atoms with E-state index in [2.05, 4.69) is 15.3 Å². The fourth-order valence-corrected chi connectivity index (χ4v) is 3.14.